The van der Waals surface area contributed by atoms with E-state index < -0.39 is 5.97 Å². The van der Waals surface area contributed by atoms with Crippen LogP contribution >= 0.6 is 11.3 Å². The zero-order valence-electron chi connectivity index (χ0n) is 16.0. The molecule has 0 aliphatic rings. The van der Waals surface area contributed by atoms with Gasteiger partial charge in [0, 0.05) is 30.7 Å². The third-order valence-corrected chi connectivity index (χ3v) is 5.41. The van der Waals surface area contributed by atoms with E-state index in [-0.39, 0.29) is 12.2 Å². The topological polar surface area (TPSA) is 75.3 Å². The average Bonchev–Trinajstić information content (AvgIpc) is 3.17. The van der Waals surface area contributed by atoms with Crippen LogP contribution in [0.3, 0.4) is 0 Å². The molecule has 1 N–H and O–H groups in total. The van der Waals surface area contributed by atoms with Gasteiger partial charge in [0.2, 0.25) is 0 Å². The third kappa shape index (κ3) is 3.90. The van der Waals surface area contributed by atoms with Gasteiger partial charge in [-0.1, -0.05) is 30.3 Å². The van der Waals surface area contributed by atoms with Crippen molar-refractivity contribution in [3.63, 3.8) is 0 Å². The number of hydrogen-bond donors (Lipinski definition) is 1. The van der Waals surface area contributed by atoms with E-state index in [0.29, 0.717) is 21.6 Å². The molecule has 0 atom stereocenters. The van der Waals surface area contributed by atoms with Crippen LogP contribution < -0.4 is 10.5 Å². The van der Waals surface area contributed by atoms with E-state index in [1.54, 1.807) is 12.1 Å². The van der Waals surface area contributed by atoms with Gasteiger partial charge in [-0.25, -0.2) is 9.78 Å². The summed E-state index contributed by atoms with van der Waals surface area (Å²) in [5, 5.41) is 2.47. The normalized spacial score (nSPS) is 10.8. The number of anilines is 1. The molecule has 7 heteroatoms. The minimum atomic E-state index is -0.464. The summed E-state index contributed by atoms with van der Waals surface area (Å²) in [4.78, 5) is 34.7. The van der Waals surface area contributed by atoms with Crippen LogP contribution in [0, 0.1) is 0 Å². The maximum absolute atomic E-state index is 12.6. The molecule has 4 aromatic rings. The Morgan fingerprint density at radius 1 is 1.10 bits per heavy atom. The van der Waals surface area contributed by atoms with E-state index >= 15 is 0 Å². The Kier molecular flexibility index (Phi) is 5.14. The van der Waals surface area contributed by atoms with Crippen LogP contribution in [0.15, 0.2) is 64.8 Å². The standard InChI is InChI=1S/C22H19N3O3S/c1-25(2)16-10-8-15(9-11-16)22(27)28-12-18-23-20(26)19-17(13-29-21(19)24-18)14-6-4-3-5-7-14/h3-11,13H,12H2,1-2H3,(H,23,24,26). The molecule has 0 aliphatic carbocycles. The van der Waals surface area contributed by atoms with Crippen LogP contribution in [0.25, 0.3) is 21.3 Å². The van der Waals surface area contributed by atoms with Gasteiger partial charge in [-0.2, -0.15) is 0 Å². The molecular formula is C22H19N3O3S. The van der Waals surface area contributed by atoms with Crippen LogP contribution in [0.1, 0.15) is 16.2 Å². The molecule has 2 aromatic heterocycles. The van der Waals surface area contributed by atoms with Crippen molar-refractivity contribution in [3.8, 4) is 11.1 Å². The van der Waals surface area contributed by atoms with Crippen LogP contribution in [0.5, 0.6) is 0 Å². The van der Waals surface area contributed by atoms with Gasteiger partial charge in [0.25, 0.3) is 5.56 Å². The number of rotatable bonds is 5. The number of nitrogens with zero attached hydrogens (tertiary/aromatic N) is 2. The predicted octanol–water partition coefficient (Wildman–Crippen LogP) is 4.07. The van der Waals surface area contributed by atoms with E-state index in [4.69, 9.17) is 4.74 Å². The van der Waals surface area contributed by atoms with Crippen molar-refractivity contribution in [1.82, 2.24) is 9.97 Å². The highest BCUT2D eigenvalue weighted by molar-refractivity contribution is 7.17. The lowest BCUT2D eigenvalue weighted by atomic mass is 10.1. The molecule has 0 radical (unpaired) electrons. The third-order valence-electron chi connectivity index (χ3n) is 4.54. The lowest BCUT2D eigenvalue weighted by molar-refractivity contribution is 0.0462. The zero-order chi connectivity index (χ0) is 20.4. The number of ether oxygens (including phenoxy) is 1. The summed E-state index contributed by atoms with van der Waals surface area (Å²) in [5.41, 5.74) is 3.01. The van der Waals surface area contributed by atoms with Gasteiger partial charge in [-0.05, 0) is 29.8 Å². The summed E-state index contributed by atoms with van der Waals surface area (Å²) in [5.74, 6) is -0.142. The average molecular weight is 405 g/mol. The Bertz CT molecular complexity index is 1210. The van der Waals surface area contributed by atoms with E-state index in [1.807, 2.05) is 66.8 Å². The largest absolute Gasteiger partial charge is 0.454 e. The van der Waals surface area contributed by atoms with Crippen LogP contribution in [-0.2, 0) is 11.3 Å². The molecule has 0 fully saturated rings. The first-order valence-corrected chi connectivity index (χ1v) is 9.91. The number of fused-ring (bicyclic) bond motifs is 1. The highest BCUT2D eigenvalue weighted by Gasteiger charge is 2.14. The van der Waals surface area contributed by atoms with Crippen LogP contribution in [-0.4, -0.2) is 30.0 Å². The van der Waals surface area contributed by atoms with Gasteiger partial charge in [-0.15, -0.1) is 11.3 Å². The maximum atomic E-state index is 12.6. The lowest BCUT2D eigenvalue weighted by Crippen LogP contribution is -2.14. The summed E-state index contributed by atoms with van der Waals surface area (Å²) >= 11 is 1.40. The van der Waals surface area contributed by atoms with Crippen molar-refractivity contribution in [2.75, 3.05) is 19.0 Å². The monoisotopic (exact) mass is 405 g/mol. The molecule has 0 bridgehead atoms. The summed E-state index contributed by atoms with van der Waals surface area (Å²) in [6.07, 6.45) is 0. The van der Waals surface area contributed by atoms with E-state index in [0.717, 1.165) is 16.8 Å². The highest BCUT2D eigenvalue weighted by Crippen LogP contribution is 2.30. The van der Waals surface area contributed by atoms with Gasteiger partial charge in [-0.3, -0.25) is 4.79 Å². The molecule has 0 aliphatic heterocycles. The summed E-state index contributed by atoms with van der Waals surface area (Å²) < 4.78 is 5.33. The number of hydrogen-bond acceptors (Lipinski definition) is 6. The summed E-state index contributed by atoms with van der Waals surface area (Å²) in [6, 6.07) is 16.8. The predicted molar refractivity (Wildman–Crippen MR) is 116 cm³/mol. The van der Waals surface area contributed by atoms with Crippen molar-refractivity contribution in [1.29, 1.82) is 0 Å². The Hall–Kier alpha value is -3.45. The first-order valence-electron chi connectivity index (χ1n) is 9.03. The minimum absolute atomic E-state index is 0.0992. The SMILES string of the molecule is CN(C)c1ccc(C(=O)OCc2nc3scc(-c4ccccc4)c3c(=O)[nH]2)cc1. The fourth-order valence-corrected chi connectivity index (χ4v) is 3.97. The second-order valence-corrected chi connectivity index (χ2v) is 7.58. The number of thiophene rings is 1. The van der Waals surface area contributed by atoms with Crippen LogP contribution in [0.4, 0.5) is 5.69 Å². The number of nitrogens with one attached hydrogen (secondary N) is 1. The Labute approximate surface area is 171 Å². The van der Waals surface area contributed by atoms with Gasteiger partial charge in [0.1, 0.15) is 17.3 Å². The van der Waals surface area contributed by atoms with Gasteiger partial charge >= 0.3 is 5.97 Å². The number of carbonyl (C=O) groups is 1. The van der Waals surface area contributed by atoms with Gasteiger partial charge in [0.05, 0.1) is 10.9 Å². The summed E-state index contributed by atoms with van der Waals surface area (Å²) in [6.45, 7) is -0.0992. The number of aromatic amines is 1. The van der Waals surface area contributed by atoms with Crippen molar-refractivity contribution in [3.05, 3.63) is 81.7 Å². The zero-order valence-corrected chi connectivity index (χ0v) is 16.8. The molecule has 2 aromatic carbocycles. The molecule has 0 saturated heterocycles. The fourth-order valence-electron chi connectivity index (χ4n) is 3.00. The van der Waals surface area contributed by atoms with Crippen molar-refractivity contribution in [2.24, 2.45) is 0 Å². The number of aromatic nitrogens is 2. The second kappa shape index (κ2) is 7.89. The van der Waals surface area contributed by atoms with E-state index in [9.17, 15) is 9.59 Å². The van der Waals surface area contributed by atoms with Gasteiger partial charge < -0.3 is 14.6 Å². The number of esters is 1. The number of H-pyrrole nitrogens is 1. The lowest BCUT2D eigenvalue weighted by Gasteiger charge is -2.12. The molecule has 0 amide bonds. The fraction of sp³-hybridized carbons (Fsp3) is 0.136. The Balaban J connectivity index is 1.53. The molecule has 2 heterocycles. The molecule has 4 rings (SSSR count). The molecule has 0 spiro atoms. The summed E-state index contributed by atoms with van der Waals surface area (Å²) in [7, 11) is 3.86. The minimum Gasteiger partial charge on any atom is -0.454 e. The smallest absolute Gasteiger partial charge is 0.338 e. The van der Waals surface area contributed by atoms with E-state index in [1.165, 1.54) is 11.3 Å². The first-order chi connectivity index (χ1) is 14.0. The van der Waals surface area contributed by atoms with Gasteiger partial charge in [0.15, 0.2) is 0 Å². The Morgan fingerprint density at radius 2 is 1.83 bits per heavy atom. The van der Waals surface area contributed by atoms with Crippen molar-refractivity contribution < 1.29 is 9.53 Å². The van der Waals surface area contributed by atoms with Crippen molar-refractivity contribution in [2.45, 2.75) is 6.61 Å². The molecule has 0 saturated carbocycles. The number of carbonyl (C=O) groups excluding carboxylic acids is 1. The highest BCUT2D eigenvalue weighted by atomic mass is 32.1. The maximum Gasteiger partial charge on any atom is 0.338 e. The van der Waals surface area contributed by atoms with Crippen LogP contribution in [0.2, 0.25) is 0 Å². The molecular weight excluding hydrogens is 386 g/mol. The van der Waals surface area contributed by atoms with E-state index in [2.05, 4.69) is 9.97 Å². The number of benzene rings is 2. The van der Waals surface area contributed by atoms with Crippen molar-refractivity contribution >= 4 is 33.2 Å². The Morgan fingerprint density at radius 3 is 2.52 bits per heavy atom. The molecule has 0 unspecified atom stereocenters. The first kappa shape index (κ1) is 18.9. The quantitative estimate of drug-likeness (QED) is 0.507. The molecule has 6 nitrogen and oxygen atoms in total. The molecule has 29 heavy (non-hydrogen) atoms. The molecule has 146 valence electrons. The second-order valence-electron chi connectivity index (χ2n) is 6.73.